The Morgan fingerprint density at radius 3 is 2.62 bits per heavy atom. The standard InChI is InChI=1S/C12H17FN2O/c1-15(2)11-4-3-9(13)7-10(11)12(5-6-12)8-16-14/h3-4,7H,5-6,8,14H2,1-2H3. The van der Waals surface area contributed by atoms with Gasteiger partial charge in [-0.05, 0) is 36.6 Å². The number of rotatable bonds is 4. The zero-order valence-corrected chi connectivity index (χ0v) is 9.66. The van der Waals surface area contributed by atoms with Crippen LogP contribution in [0.25, 0.3) is 0 Å². The van der Waals surface area contributed by atoms with E-state index in [0.717, 1.165) is 24.1 Å². The maximum absolute atomic E-state index is 13.3. The molecule has 0 unspecified atom stereocenters. The quantitative estimate of drug-likeness (QED) is 0.793. The second-order valence-corrected chi connectivity index (χ2v) is 4.65. The van der Waals surface area contributed by atoms with E-state index in [1.54, 1.807) is 12.1 Å². The number of benzene rings is 1. The third-order valence-electron chi connectivity index (χ3n) is 3.22. The summed E-state index contributed by atoms with van der Waals surface area (Å²) in [4.78, 5) is 6.75. The maximum Gasteiger partial charge on any atom is 0.123 e. The first-order chi connectivity index (χ1) is 7.59. The summed E-state index contributed by atoms with van der Waals surface area (Å²) in [5.41, 5.74) is 1.97. The highest BCUT2D eigenvalue weighted by atomic mass is 19.1. The smallest absolute Gasteiger partial charge is 0.123 e. The minimum absolute atomic E-state index is 0.0730. The summed E-state index contributed by atoms with van der Waals surface area (Å²) in [6.45, 7) is 0.456. The predicted molar refractivity (Wildman–Crippen MR) is 61.8 cm³/mol. The van der Waals surface area contributed by atoms with E-state index in [9.17, 15) is 4.39 Å². The van der Waals surface area contributed by atoms with Gasteiger partial charge in [-0.2, -0.15) is 0 Å². The Morgan fingerprint density at radius 1 is 1.44 bits per heavy atom. The van der Waals surface area contributed by atoms with E-state index in [1.165, 1.54) is 6.07 Å². The fourth-order valence-corrected chi connectivity index (χ4v) is 2.12. The summed E-state index contributed by atoms with van der Waals surface area (Å²) in [5.74, 6) is 4.94. The van der Waals surface area contributed by atoms with Crippen molar-refractivity contribution in [3.8, 4) is 0 Å². The van der Waals surface area contributed by atoms with Crippen molar-refractivity contribution < 1.29 is 9.23 Å². The van der Waals surface area contributed by atoms with Crippen LogP contribution in [-0.2, 0) is 10.3 Å². The Bertz CT molecular complexity index is 389. The third-order valence-corrected chi connectivity index (χ3v) is 3.22. The zero-order valence-electron chi connectivity index (χ0n) is 9.66. The normalized spacial score (nSPS) is 17.2. The van der Waals surface area contributed by atoms with Gasteiger partial charge < -0.3 is 9.74 Å². The monoisotopic (exact) mass is 224 g/mol. The van der Waals surface area contributed by atoms with Crippen LogP contribution in [0, 0.1) is 5.82 Å². The van der Waals surface area contributed by atoms with Crippen LogP contribution in [0.5, 0.6) is 0 Å². The minimum Gasteiger partial charge on any atom is -0.377 e. The van der Waals surface area contributed by atoms with Gasteiger partial charge >= 0.3 is 0 Å². The van der Waals surface area contributed by atoms with Crippen molar-refractivity contribution in [3.05, 3.63) is 29.6 Å². The number of anilines is 1. The molecule has 16 heavy (non-hydrogen) atoms. The van der Waals surface area contributed by atoms with Crippen molar-refractivity contribution in [3.63, 3.8) is 0 Å². The molecule has 2 rings (SSSR count). The van der Waals surface area contributed by atoms with Gasteiger partial charge in [0.05, 0.1) is 6.61 Å². The molecule has 0 radical (unpaired) electrons. The Labute approximate surface area is 94.9 Å². The third kappa shape index (κ3) is 1.90. The molecule has 0 atom stereocenters. The number of hydrogen-bond acceptors (Lipinski definition) is 3. The molecule has 1 fully saturated rings. The van der Waals surface area contributed by atoms with Crippen LogP contribution in [0.1, 0.15) is 18.4 Å². The Morgan fingerprint density at radius 2 is 2.12 bits per heavy atom. The van der Waals surface area contributed by atoms with Gasteiger partial charge in [-0.15, -0.1) is 0 Å². The summed E-state index contributed by atoms with van der Waals surface area (Å²) in [7, 11) is 3.91. The van der Waals surface area contributed by atoms with Gasteiger partial charge in [0, 0.05) is 25.2 Å². The van der Waals surface area contributed by atoms with Crippen molar-refractivity contribution >= 4 is 5.69 Å². The second-order valence-electron chi connectivity index (χ2n) is 4.65. The molecule has 0 aromatic heterocycles. The maximum atomic E-state index is 13.3. The molecule has 88 valence electrons. The van der Waals surface area contributed by atoms with E-state index in [1.807, 2.05) is 19.0 Å². The summed E-state index contributed by atoms with van der Waals surface area (Å²) < 4.78 is 13.3. The first-order valence-electron chi connectivity index (χ1n) is 5.38. The molecular weight excluding hydrogens is 207 g/mol. The number of nitrogens with two attached hydrogens (primary N) is 1. The number of halogens is 1. The van der Waals surface area contributed by atoms with Crippen molar-refractivity contribution in [2.75, 3.05) is 25.6 Å². The van der Waals surface area contributed by atoms with E-state index in [2.05, 4.69) is 0 Å². The highest BCUT2D eigenvalue weighted by molar-refractivity contribution is 5.58. The van der Waals surface area contributed by atoms with Crippen LogP contribution < -0.4 is 10.8 Å². The van der Waals surface area contributed by atoms with Gasteiger partial charge in [-0.3, -0.25) is 0 Å². The lowest BCUT2D eigenvalue weighted by atomic mass is 9.94. The lowest BCUT2D eigenvalue weighted by molar-refractivity contribution is 0.116. The summed E-state index contributed by atoms with van der Waals surface area (Å²) >= 11 is 0. The molecule has 1 saturated carbocycles. The van der Waals surface area contributed by atoms with Crippen molar-refractivity contribution in [1.29, 1.82) is 0 Å². The highest BCUT2D eigenvalue weighted by Gasteiger charge is 2.46. The number of nitrogens with zero attached hydrogens (tertiary/aromatic N) is 1. The lowest BCUT2D eigenvalue weighted by Crippen LogP contribution is -2.22. The number of hydrogen-bond donors (Lipinski definition) is 1. The van der Waals surface area contributed by atoms with Gasteiger partial charge in [0.15, 0.2) is 0 Å². The van der Waals surface area contributed by atoms with Gasteiger partial charge in [0.2, 0.25) is 0 Å². The van der Waals surface area contributed by atoms with Crippen molar-refractivity contribution in [2.45, 2.75) is 18.3 Å². The van der Waals surface area contributed by atoms with Crippen molar-refractivity contribution in [2.24, 2.45) is 5.90 Å². The average Bonchev–Trinajstić information content (AvgIpc) is 2.99. The Kier molecular flexibility index (Phi) is 2.86. The van der Waals surface area contributed by atoms with Crippen LogP contribution in [0.4, 0.5) is 10.1 Å². The van der Waals surface area contributed by atoms with Crippen LogP contribution in [0.3, 0.4) is 0 Å². The van der Waals surface area contributed by atoms with Crippen LogP contribution in [0.2, 0.25) is 0 Å². The molecule has 0 bridgehead atoms. The molecule has 2 N–H and O–H groups in total. The highest BCUT2D eigenvalue weighted by Crippen LogP contribution is 2.51. The topological polar surface area (TPSA) is 38.5 Å². The fraction of sp³-hybridized carbons (Fsp3) is 0.500. The SMILES string of the molecule is CN(C)c1ccc(F)cc1C1(CON)CC1. The molecule has 1 aliphatic carbocycles. The van der Waals surface area contributed by atoms with Crippen molar-refractivity contribution in [1.82, 2.24) is 0 Å². The predicted octanol–water partition coefficient (Wildman–Crippen LogP) is 1.81. The molecule has 1 aromatic carbocycles. The minimum atomic E-state index is -0.205. The van der Waals surface area contributed by atoms with E-state index in [-0.39, 0.29) is 11.2 Å². The summed E-state index contributed by atoms with van der Waals surface area (Å²) in [6.07, 6.45) is 2.02. The molecule has 0 aliphatic heterocycles. The second kappa shape index (κ2) is 4.03. The molecule has 4 heteroatoms. The molecule has 0 spiro atoms. The van der Waals surface area contributed by atoms with Gasteiger partial charge in [0.1, 0.15) is 5.82 Å². The average molecular weight is 224 g/mol. The van der Waals surface area contributed by atoms with Crippen LogP contribution in [0.15, 0.2) is 18.2 Å². The van der Waals surface area contributed by atoms with Gasteiger partial charge in [-0.25, -0.2) is 10.3 Å². The molecule has 0 amide bonds. The van der Waals surface area contributed by atoms with Gasteiger partial charge in [0.25, 0.3) is 0 Å². The zero-order chi connectivity index (χ0) is 11.8. The summed E-state index contributed by atoms with van der Waals surface area (Å²) in [6, 6.07) is 4.89. The van der Waals surface area contributed by atoms with E-state index in [0.29, 0.717) is 6.61 Å². The molecule has 0 saturated heterocycles. The molecule has 1 aliphatic rings. The molecule has 1 aromatic rings. The summed E-state index contributed by atoms with van der Waals surface area (Å²) in [5, 5.41) is 0. The van der Waals surface area contributed by atoms with E-state index < -0.39 is 0 Å². The Balaban J connectivity index is 2.42. The lowest BCUT2D eigenvalue weighted by Gasteiger charge is -2.23. The van der Waals surface area contributed by atoms with E-state index >= 15 is 0 Å². The van der Waals surface area contributed by atoms with Crippen LogP contribution >= 0.6 is 0 Å². The first kappa shape index (κ1) is 11.4. The van der Waals surface area contributed by atoms with Crippen LogP contribution in [-0.4, -0.2) is 20.7 Å². The largest absolute Gasteiger partial charge is 0.377 e. The van der Waals surface area contributed by atoms with Gasteiger partial charge in [-0.1, -0.05) is 0 Å². The molecule has 3 nitrogen and oxygen atoms in total. The Hall–Kier alpha value is -1.13. The first-order valence-corrected chi connectivity index (χ1v) is 5.38. The molecular formula is C12H17FN2O. The van der Waals surface area contributed by atoms with E-state index in [4.69, 9.17) is 10.7 Å². The molecule has 0 heterocycles. The fourth-order valence-electron chi connectivity index (χ4n) is 2.12.